The minimum absolute atomic E-state index is 0.0232. The van der Waals surface area contributed by atoms with Crippen molar-refractivity contribution in [1.29, 1.82) is 0 Å². The quantitative estimate of drug-likeness (QED) is 0.810. The van der Waals surface area contributed by atoms with E-state index in [1.807, 2.05) is 31.2 Å². The molecule has 1 heterocycles. The summed E-state index contributed by atoms with van der Waals surface area (Å²) in [5, 5.41) is 3.17. The molecular formula is C13H18N2OS. The molecule has 3 nitrogen and oxygen atoms in total. The van der Waals surface area contributed by atoms with E-state index in [4.69, 9.17) is 5.73 Å². The lowest BCUT2D eigenvalue weighted by molar-refractivity contribution is -0.121. The first-order valence-corrected chi connectivity index (χ1v) is 6.99. The van der Waals surface area contributed by atoms with Crippen LogP contribution in [0.4, 0.5) is 5.69 Å². The lowest BCUT2D eigenvalue weighted by Gasteiger charge is -2.18. The Morgan fingerprint density at radius 1 is 1.53 bits per heavy atom. The summed E-state index contributed by atoms with van der Waals surface area (Å²) in [6, 6.07) is 7.65. The molecular weight excluding hydrogens is 232 g/mol. The Balaban J connectivity index is 1.99. The first kappa shape index (κ1) is 12.3. The fourth-order valence-electron chi connectivity index (χ4n) is 2.07. The number of rotatable bonds is 3. The normalized spacial score (nSPS) is 21.1. The predicted octanol–water partition coefficient (Wildman–Crippen LogP) is 2.34. The van der Waals surface area contributed by atoms with E-state index in [0.717, 1.165) is 29.8 Å². The Bertz CT molecular complexity index is 402. The van der Waals surface area contributed by atoms with E-state index in [0.29, 0.717) is 0 Å². The molecule has 1 saturated heterocycles. The third-order valence-electron chi connectivity index (χ3n) is 3.04. The van der Waals surface area contributed by atoms with Gasteiger partial charge in [-0.05, 0) is 37.1 Å². The zero-order valence-corrected chi connectivity index (χ0v) is 10.8. The molecule has 0 saturated carbocycles. The topological polar surface area (TPSA) is 55.1 Å². The van der Waals surface area contributed by atoms with E-state index in [9.17, 15) is 4.79 Å². The van der Waals surface area contributed by atoms with Crippen molar-refractivity contribution in [2.75, 3.05) is 11.5 Å². The molecule has 0 bridgehead atoms. The zero-order chi connectivity index (χ0) is 12.3. The second-order valence-corrected chi connectivity index (χ2v) is 5.67. The van der Waals surface area contributed by atoms with Gasteiger partial charge in [0.15, 0.2) is 0 Å². The van der Waals surface area contributed by atoms with Gasteiger partial charge in [0, 0.05) is 5.69 Å². The van der Waals surface area contributed by atoms with Crippen LogP contribution in [0.15, 0.2) is 24.3 Å². The number of anilines is 1. The van der Waals surface area contributed by atoms with Crippen LogP contribution in [-0.4, -0.2) is 16.9 Å². The summed E-state index contributed by atoms with van der Waals surface area (Å²) < 4.78 is 0. The van der Waals surface area contributed by atoms with E-state index < -0.39 is 0 Å². The van der Waals surface area contributed by atoms with Crippen molar-refractivity contribution in [3.8, 4) is 0 Å². The first-order valence-electron chi connectivity index (χ1n) is 5.95. The number of para-hydroxylation sites is 1. The number of benzene rings is 1. The molecule has 1 aliphatic heterocycles. The Morgan fingerprint density at radius 3 is 2.94 bits per heavy atom. The second-order valence-electron chi connectivity index (χ2n) is 4.36. The summed E-state index contributed by atoms with van der Waals surface area (Å²) in [7, 11) is 0. The van der Waals surface area contributed by atoms with E-state index in [1.165, 1.54) is 0 Å². The van der Waals surface area contributed by atoms with Gasteiger partial charge in [-0.1, -0.05) is 18.2 Å². The van der Waals surface area contributed by atoms with Gasteiger partial charge in [0.05, 0.1) is 11.3 Å². The fourth-order valence-corrected chi connectivity index (χ4v) is 3.24. The maximum absolute atomic E-state index is 12.0. The molecule has 17 heavy (non-hydrogen) atoms. The van der Waals surface area contributed by atoms with Crippen LogP contribution < -0.4 is 11.1 Å². The number of nitrogen functional groups attached to an aromatic ring is 1. The molecule has 92 valence electrons. The van der Waals surface area contributed by atoms with Gasteiger partial charge in [0.2, 0.25) is 5.91 Å². The maximum Gasteiger partial charge on any atom is 0.233 e. The number of nitrogens with one attached hydrogen (secondary N) is 1. The van der Waals surface area contributed by atoms with Gasteiger partial charge in [-0.25, -0.2) is 0 Å². The molecule has 0 radical (unpaired) electrons. The average molecular weight is 250 g/mol. The predicted molar refractivity (Wildman–Crippen MR) is 72.9 cm³/mol. The minimum atomic E-state index is -0.0232. The smallest absolute Gasteiger partial charge is 0.233 e. The highest BCUT2D eigenvalue weighted by Gasteiger charge is 2.24. The Labute approximate surface area is 106 Å². The van der Waals surface area contributed by atoms with Crippen LogP contribution in [0.1, 0.15) is 31.4 Å². The van der Waals surface area contributed by atoms with Gasteiger partial charge in [0.25, 0.3) is 0 Å². The van der Waals surface area contributed by atoms with E-state index in [-0.39, 0.29) is 17.2 Å². The molecule has 0 aliphatic carbocycles. The molecule has 1 aromatic carbocycles. The van der Waals surface area contributed by atoms with Crippen molar-refractivity contribution < 1.29 is 4.79 Å². The van der Waals surface area contributed by atoms with Crippen LogP contribution in [-0.2, 0) is 4.79 Å². The monoisotopic (exact) mass is 250 g/mol. The lowest BCUT2D eigenvalue weighted by Crippen LogP contribution is -2.33. The van der Waals surface area contributed by atoms with Crippen LogP contribution >= 0.6 is 11.8 Å². The van der Waals surface area contributed by atoms with E-state index in [1.54, 1.807) is 11.8 Å². The average Bonchev–Trinajstić information content (AvgIpc) is 2.82. The van der Waals surface area contributed by atoms with Crippen LogP contribution in [0.3, 0.4) is 0 Å². The van der Waals surface area contributed by atoms with E-state index >= 15 is 0 Å². The molecule has 1 aromatic rings. The van der Waals surface area contributed by atoms with Crippen molar-refractivity contribution >= 4 is 23.4 Å². The van der Waals surface area contributed by atoms with Crippen LogP contribution in [0.2, 0.25) is 0 Å². The molecule has 2 atom stereocenters. The third kappa shape index (κ3) is 2.94. The van der Waals surface area contributed by atoms with Crippen molar-refractivity contribution in [2.45, 2.75) is 31.1 Å². The second kappa shape index (κ2) is 5.45. The maximum atomic E-state index is 12.0. The minimum Gasteiger partial charge on any atom is -0.398 e. The summed E-state index contributed by atoms with van der Waals surface area (Å²) in [5.41, 5.74) is 7.62. The molecule has 1 amide bonds. The molecule has 0 aromatic heterocycles. The largest absolute Gasteiger partial charge is 0.398 e. The van der Waals surface area contributed by atoms with Crippen molar-refractivity contribution in [2.24, 2.45) is 0 Å². The number of carbonyl (C=O) groups excluding carboxylic acids is 1. The summed E-state index contributed by atoms with van der Waals surface area (Å²) in [4.78, 5) is 12.0. The Morgan fingerprint density at radius 2 is 2.29 bits per heavy atom. The van der Waals surface area contributed by atoms with Gasteiger partial charge >= 0.3 is 0 Å². The standard InChI is InChI=1S/C13H18N2OS/c1-9(10-5-2-3-6-11(10)14)15-13(16)12-7-4-8-17-12/h2-3,5-6,9,12H,4,7-8,14H2,1H3,(H,15,16). The highest BCUT2D eigenvalue weighted by molar-refractivity contribution is 8.00. The van der Waals surface area contributed by atoms with Crippen LogP contribution in [0, 0.1) is 0 Å². The van der Waals surface area contributed by atoms with Gasteiger partial charge in [-0.3, -0.25) is 4.79 Å². The summed E-state index contributed by atoms with van der Waals surface area (Å²) in [5.74, 6) is 1.24. The molecule has 4 heteroatoms. The molecule has 3 N–H and O–H groups in total. The molecule has 2 unspecified atom stereocenters. The van der Waals surface area contributed by atoms with E-state index in [2.05, 4.69) is 5.32 Å². The molecule has 1 aliphatic rings. The number of thioether (sulfide) groups is 1. The van der Waals surface area contributed by atoms with Gasteiger partial charge < -0.3 is 11.1 Å². The molecule has 2 rings (SSSR count). The molecule has 1 fully saturated rings. The van der Waals surface area contributed by atoms with Crippen molar-refractivity contribution in [3.63, 3.8) is 0 Å². The first-order chi connectivity index (χ1) is 8.18. The number of amides is 1. The SMILES string of the molecule is CC(NC(=O)C1CCCS1)c1ccccc1N. The highest BCUT2D eigenvalue weighted by atomic mass is 32.2. The Kier molecular flexibility index (Phi) is 3.94. The number of nitrogens with two attached hydrogens (primary N) is 1. The summed E-state index contributed by atoms with van der Waals surface area (Å²) in [6.45, 7) is 1.98. The number of hydrogen-bond donors (Lipinski definition) is 2. The van der Waals surface area contributed by atoms with Crippen LogP contribution in [0.25, 0.3) is 0 Å². The van der Waals surface area contributed by atoms with Gasteiger partial charge in [-0.2, -0.15) is 0 Å². The summed E-state index contributed by atoms with van der Waals surface area (Å²) in [6.07, 6.45) is 2.14. The summed E-state index contributed by atoms with van der Waals surface area (Å²) >= 11 is 1.75. The third-order valence-corrected chi connectivity index (χ3v) is 4.42. The number of carbonyl (C=O) groups is 1. The van der Waals surface area contributed by atoms with Gasteiger partial charge in [-0.15, -0.1) is 11.8 Å². The van der Waals surface area contributed by atoms with Crippen molar-refractivity contribution in [1.82, 2.24) is 5.32 Å². The van der Waals surface area contributed by atoms with Gasteiger partial charge in [0.1, 0.15) is 0 Å². The van der Waals surface area contributed by atoms with Crippen LogP contribution in [0.5, 0.6) is 0 Å². The lowest BCUT2D eigenvalue weighted by atomic mass is 10.1. The van der Waals surface area contributed by atoms with Crippen molar-refractivity contribution in [3.05, 3.63) is 29.8 Å². The Hall–Kier alpha value is -1.16. The fraction of sp³-hybridized carbons (Fsp3) is 0.462. The highest BCUT2D eigenvalue weighted by Crippen LogP contribution is 2.27. The molecule has 0 spiro atoms. The zero-order valence-electron chi connectivity index (χ0n) is 9.98. The number of hydrogen-bond acceptors (Lipinski definition) is 3.